The van der Waals surface area contributed by atoms with E-state index in [1.165, 1.54) is 5.19 Å². The van der Waals surface area contributed by atoms with E-state index in [2.05, 4.69) is 37.4 Å². The van der Waals surface area contributed by atoms with Crippen molar-refractivity contribution in [3.8, 4) is 0 Å². The van der Waals surface area contributed by atoms with Gasteiger partial charge in [-0.05, 0) is 38.9 Å². The lowest BCUT2D eigenvalue weighted by atomic mass is 10.2. The Morgan fingerprint density at radius 2 is 1.57 bits per heavy atom. The van der Waals surface area contributed by atoms with Gasteiger partial charge < -0.3 is 9.32 Å². The molecule has 2 aromatic rings. The van der Waals surface area contributed by atoms with Crippen molar-refractivity contribution in [1.29, 1.82) is 0 Å². The lowest BCUT2D eigenvalue weighted by molar-refractivity contribution is 0.0612. The van der Waals surface area contributed by atoms with E-state index >= 15 is 0 Å². The van der Waals surface area contributed by atoms with E-state index in [1.54, 1.807) is 6.26 Å². The Bertz CT molecular complexity index is 651. The quantitative estimate of drug-likeness (QED) is 0.788. The molecule has 0 unspecified atom stereocenters. The third-order valence-corrected chi connectivity index (χ3v) is 7.89. The number of nitrogens with zero attached hydrogens (tertiary/aromatic N) is 1. The second-order valence-electron chi connectivity index (χ2n) is 7.05. The summed E-state index contributed by atoms with van der Waals surface area (Å²) in [5.74, 6) is 0.499. The van der Waals surface area contributed by atoms with Crippen molar-refractivity contribution in [1.82, 2.24) is 4.90 Å². The molecule has 1 aromatic heterocycles. The SMILES string of the molecule is CC(C)N(C(=O)c1occc1[Si](C)(C)c1ccccc1)C(C)C. The molecule has 124 valence electrons. The first-order valence-corrected chi connectivity index (χ1v) is 11.2. The van der Waals surface area contributed by atoms with Gasteiger partial charge in [0.1, 0.15) is 8.07 Å². The molecule has 0 radical (unpaired) electrons. The number of carbonyl (C=O) groups is 1. The fourth-order valence-corrected chi connectivity index (χ4v) is 5.71. The molecule has 0 spiro atoms. The van der Waals surface area contributed by atoms with E-state index in [0.29, 0.717) is 5.76 Å². The minimum atomic E-state index is -1.97. The summed E-state index contributed by atoms with van der Waals surface area (Å²) in [5, 5.41) is 2.37. The molecule has 0 aliphatic heterocycles. The van der Waals surface area contributed by atoms with Gasteiger partial charge in [-0.25, -0.2) is 0 Å². The van der Waals surface area contributed by atoms with Gasteiger partial charge in [0.15, 0.2) is 5.76 Å². The van der Waals surface area contributed by atoms with Gasteiger partial charge in [-0.1, -0.05) is 48.6 Å². The predicted molar refractivity (Wildman–Crippen MR) is 98.3 cm³/mol. The molecule has 3 nitrogen and oxygen atoms in total. The van der Waals surface area contributed by atoms with E-state index in [1.807, 2.05) is 44.7 Å². The number of benzene rings is 1. The summed E-state index contributed by atoms with van der Waals surface area (Å²) in [7, 11) is -1.97. The maximum Gasteiger partial charge on any atom is 0.289 e. The molecular formula is C19H27NO2Si. The second-order valence-corrected chi connectivity index (χ2v) is 11.4. The van der Waals surface area contributed by atoms with Crippen molar-refractivity contribution >= 4 is 24.4 Å². The second kappa shape index (κ2) is 6.75. The largest absolute Gasteiger partial charge is 0.459 e. The highest BCUT2D eigenvalue weighted by molar-refractivity contribution is 7.00. The van der Waals surface area contributed by atoms with Crippen LogP contribution in [-0.4, -0.2) is 31.0 Å². The van der Waals surface area contributed by atoms with Crippen LogP contribution in [0.4, 0.5) is 0 Å². The van der Waals surface area contributed by atoms with Crippen LogP contribution in [0.15, 0.2) is 47.1 Å². The zero-order valence-corrected chi connectivity index (χ0v) is 16.0. The monoisotopic (exact) mass is 329 g/mol. The van der Waals surface area contributed by atoms with Crippen LogP contribution in [0.5, 0.6) is 0 Å². The third-order valence-electron chi connectivity index (χ3n) is 4.38. The standard InChI is InChI=1S/C19H27NO2Si/c1-14(2)20(15(3)4)19(21)18-17(12-13-22-18)23(5,6)16-10-8-7-9-11-16/h7-15H,1-6H3. The molecule has 1 heterocycles. The number of hydrogen-bond acceptors (Lipinski definition) is 2. The van der Waals surface area contributed by atoms with E-state index in [0.717, 1.165) is 5.19 Å². The van der Waals surface area contributed by atoms with Gasteiger partial charge in [0.2, 0.25) is 0 Å². The summed E-state index contributed by atoms with van der Waals surface area (Å²) >= 11 is 0. The van der Waals surface area contributed by atoms with Crippen molar-refractivity contribution in [3.05, 3.63) is 48.4 Å². The molecule has 0 aliphatic carbocycles. The number of rotatable bonds is 5. The zero-order valence-electron chi connectivity index (χ0n) is 15.0. The normalized spacial score (nSPS) is 12.0. The van der Waals surface area contributed by atoms with Crippen LogP contribution in [0.2, 0.25) is 13.1 Å². The number of amides is 1. The van der Waals surface area contributed by atoms with E-state index in [9.17, 15) is 4.79 Å². The fraction of sp³-hybridized carbons (Fsp3) is 0.421. The highest BCUT2D eigenvalue weighted by atomic mass is 28.3. The molecule has 0 saturated carbocycles. The van der Waals surface area contributed by atoms with Gasteiger partial charge in [-0.15, -0.1) is 0 Å². The van der Waals surface area contributed by atoms with Crippen molar-refractivity contribution < 1.29 is 9.21 Å². The van der Waals surface area contributed by atoms with Crippen molar-refractivity contribution in [2.45, 2.75) is 52.9 Å². The van der Waals surface area contributed by atoms with Gasteiger partial charge in [0.25, 0.3) is 5.91 Å². The number of furan rings is 1. The minimum absolute atomic E-state index is 0.00786. The summed E-state index contributed by atoms with van der Waals surface area (Å²) < 4.78 is 5.66. The maximum absolute atomic E-state index is 13.0. The topological polar surface area (TPSA) is 33.5 Å². The summed E-state index contributed by atoms with van der Waals surface area (Å²) in [6, 6.07) is 12.7. The van der Waals surface area contributed by atoms with E-state index in [4.69, 9.17) is 4.42 Å². The molecule has 0 aliphatic rings. The van der Waals surface area contributed by atoms with Gasteiger partial charge in [0, 0.05) is 12.1 Å². The molecule has 23 heavy (non-hydrogen) atoms. The molecule has 0 atom stereocenters. The van der Waals surface area contributed by atoms with Gasteiger partial charge in [0.05, 0.1) is 6.26 Å². The van der Waals surface area contributed by atoms with Crippen molar-refractivity contribution in [2.75, 3.05) is 0 Å². The predicted octanol–water partition coefficient (Wildman–Crippen LogP) is 3.36. The van der Waals surface area contributed by atoms with Crippen LogP contribution in [-0.2, 0) is 0 Å². The molecule has 2 rings (SSSR count). The van der Waals surface area contributed by atoms with E-state index < -0.39 is 8.07 Å². The molecule has 0 N–H and O–H groups in total. The first-order valence-electron chi connectivity index (χ1n) is 8.23. The Morgan fingerprint density at radius 1 is 1.00 bits per heavy atom. The van der Waals surface area contributed by atoms with Crippen molar-refractivity contribution in [3.63, 3.8) is 0 Å². The highest BCUT2D eigenvalue weighted by Gasteiger charge is 2.35. The van der Waals surface area contributed by atoms with Gasteiger partial charge in [-0.2, -0.15) is 0 Å². The Morgan fingerprint density at radius 3 is 2.09 bits per heavy atom. The summed E-state index contributed by atoms with van der Waals surface area (Å²) in [6.07, 6.45) is 1.65. The van der Waals surface area contributed by atoms with Gasteiger partial charge in [-0.3, -0.25) is 4.79 Å². The average Bonchev–Trinajstić information content (AvgIpc) is 2.97. The highest BCUT2D eigenvalue weighted by Crippen LogP contribution is 2.15. The molecular weight excluding hydrogens is 302 g/mol. The molecule has 0 fully saturated rings. The minimum Gasteiger partial charge on any atom is -0.459 e. The molecule has 1 amide bonds. The molecule has 0 saturated heterocycles. The molecule has 4 heteroatoms. The number of carbonyl (C=O) groups excluding carboxylic acids is 1. The van der Waals surface area contributed by atoms with Crippen LogP contribution in [0.3, 0.4) is 0 Å². The van der Waals surface area contributed by atoms with Crippen LogP contribution in [0.25, 0.3) is 0 Å². The summed E-state index contributed by atoms with van der Waals surface area (Å²) in [5.41, 5.74) is 0. The first kappa shape index (κ1) is 17.5. The zero-order chi connectivity index (χ0) is 17.2. The average molecular weight is 330 g/mol. The van der Waals surface area contributed by atoms with Crippen LogP contribution in [0, 0.1) is 0 Å². The fourth-order valence-electron chi connectivity index (χ4n) is 3.16. The Labute approximate surface area is 140 Å². The van der Waals surface area contributed by atoms with E-state index in [-0.39, 0.29) is 18.0 Å². The summed E-state index contributed by atoms with van der Waals surface area (Å²) in [4.78, 5) is 14.9. The summed E-state index contributed by atoms with van der Waals surface area (Å²) in [6.45, 7) is 12.7. The Balaban J connectivity index is 2.45. The lowest BCUT2D eigenvalue weighted by Crippen LogP contribution is -2.55. The molecule has 0 bridgehead atoms. The van der Waals surface area contributed by atoms with Crippen molar-refractivity contribution in [2.24, 2.45) is 0 Å². The Kier molecular flexibility index (Phi) is 5.15. The first-order chi connectivity index (χ1) is 10.8. The Hall–Kier alpha value is -1.81. The smallest absolute Gasteiger partial charge is 0.289 e. The van der Waals surface area contributed by atoms with Crippen LogP contribution in [0.1, 0.15) is 38.2 Å². The third kappa shape index (κ3) is 3.42. The van der Waals surface area contributed by atoms with Gasteiger partial charge >= 0.3 is 0 Å². The maximum atomic E-state index is 13.0. The van der Waals surface area contributed by atoms with Crippen LogP contribution < -0.4 is 10.4 Å². The molecule has 1 aromatic carbocycles. The van der Waals surface area contributed by atoms with Crippen LogP contribution >= 0.6 is 0 Å². The number of hydrogen-bond donors (Lipinski definition) is 0. The lowest BCUT2D eigenvalue weighted by Gasteiger charge is -2.31.